The lowest BCUT2D eigenvalue weighted by molar-refractivity contribution is -0.384. The van der Waals surface area contributed by atoms with Crippen LogP contribution in [0.25, 0.3) is 0 Å². The Labute approximate surface area is 155 Å². The highest BCUT2D eigenvalue weighted by Crippen LogP contribution is 2.21. The molecule has 1 aliphatic rings. The number of methoxy groups -OCH3 is 1. The molecule has 0 unspecified atom stereocenters. The smallest absolute Gasteiger partial charge is 0.356 e. The number of carbonyl (C=O) groups excluding carboxylic acids is 2. The summed E-state index contributed by atoms with van der Waals surface area (Å²) in [5, 5.41) is 10.7. The van der Waals surface area contributed by atoms with E-state index < -0.39 is 10.9 Å². The zero-order chi connectivity index (χ0) is 19.4. The number of amides is 1. The molecular weight excluding hydrogens is 352 g/mol. The molecule has 1 aliphatic heterocycles. The molecule has 2 aromatic rings. The maximum atomic E-state index is 12.6. The fourth-order valence-electron chi connectivity index (χ4n) is 2.88. The highest BCUT2D eigenvalue weighted by Gasteiger charge is 2.23. The summed E-state index contributed by atoms with van der Waals surface area (Å²) in [4.78, 5) is 42.1. The highest BCUT2D eigenvalue weighted by molar-refractivity contribution is 5.95. The van der Waals surface area contributed by atoms with Crippen molar-refractivity contribution in [3.63, 3.8) is 0 Å². The zero-order valence-corrected chi connectivity index (χ0v) is 14.7. The molecule has 1 saturated heterocycles. The minimum absolute atomic E-state index is 0.0514. The molecule has 140 valence electrons. The topological polar surface area (TPSA) is 106 Å². The second-order valence-electron chi connectivity index (χ2n) is 5.98. The minimum atomic E-state index is -0.550. The molecule has 9 nitrogen and oxygen atoms in total. The van der Waals surface area contributed by atoms with Crippen LogP contribution in [0.1, 0.15) is 20.8 Å². The predicted octanol–water partition coefficient (Wildman–Crippen LogP) is 1.74. The van der Waals surface area contributed by atoms with Gasteiger partial charge in [0.2, 0.25) is 0 Å². The van der Waals surface area contributed by atoms with Crippen LogP contribution < -0.4 is 4.90 Å². The van der Waals surface area contributed by atoms with Crippen LogP contribution >= 0.6 is 0 Å². The summed E-state index contributed by atoms with van der Waals surface area (Å²) < 4.78 is 4.59. The summed E-state index contributed by atoms with van der Waals surface area (Å²) in [5.41, 5.74) is 1.50. The molecule has 9 heteroatoms. The van der Waals surface area contributed by atoms with Gasteiger partial charge in [-0.1, -0.05) is 0 Å². The van der Waals surface area contributed by atoms with Crippen LogP contribution in [-0.4, -0.2) is 60.0 Å². The van der Waals surface area contributed by atoms with Crippen LogP contribution in [0.15, 0.2) is 42.6 Å². The number of nitro groups is 1. The first-order valence-electron chi connectivity index (χ1n) is 8.32. The van der Waals surface area contributed by atoms with Crippen molar-refractivity contribution in [3.8, 4) is 0 Å². The fraction of sp³-hybridized carbons (Fsp3) is 0.278. The normalized spacial score (nSPS) is 14.0. The number of hydrogen-bond donors (Lipinski definition) is 0. The van der Waals surface area contributed by atoms with E-state index in [-0.39, 0.29) is 17.3 Å². The Morgan fingerprint density at radius 2 is 1.74 bits per heavy atom. The first-order valence-corrected chi connectivity index (χ1v) is 8.32. The van der Waals surface area contributed by atoms with Crippen LogP contribution in [0.5, 0.6) is 0 Å². The summed E-state index contributed by atoms with van der Waals surface area (Å²) in [5.74, 6) is -0.701. The van der Waals surface area contributed by atoms with Gasteiger partial charge in [0, 0.05) is 50.2 Å². The zero-order valence-electron chi connectivity index (χ0n) is 14.7. The molecular formula is C18H18N4O5. The molecule has 0 spiro atoms. The van der Waals surface area contributed by atoms with Gasteiger partial charge in [-0.2, -0.15) is 0 Å². The SMILES string of the molecule is COC(=O)c1ccc(C(=O)N2CCN(c3ccc([N+](=O)[O-])cc3)CC2)cn1. The van der Waals surface area contributed by atoms with E-state index in [0.717, 1.165) is 5.69 Å². The molecule has 1 fully saturated rings. The Balaban J connectivity index is 1.60. The summed E-state index contributed by atoms with van der Waals surface area (Å²) in [6.07, 6.45) is 1.37. The van der Waals surface area contributed by atoms with E-state index >= 15 is 0 Å². The second kappa shape index (κ2) is 7.81. The number of anilines is 1. The molecule has 0 radical (unpaired) electrons. The van der Waals surface area contributed by atoms with Crippen LogP contribution in [0.3, 0.4) is 0 Å². The number of benzene rings is 1. The molecule has 27 heavy (non-hydrogen) atoms. The number of rotatable bonds is 4. The molecule has 0 N–H and O–H groups in total. The summed E-state index contributed by atoms with van der Waals surface area (Å²) in [6, 6.07) is 9.40. The summed E-state index contributed by atoms with van der Waals surface area (Å²) in [6.45, 7) is 2.29. The monoisotopic (exact) mass is 370 g/mol. The molecule has 1 amide bonds. The number of esters is 1. The van der Waals surface area contributed by atoms with Crippen molar-refractivity contribution in [1.29, 1.82) is 0 Å². The van der Waals surface area contributed by atoms with Gasteiger partial charge in [0.25, 0.3) is 11.6 Å². The summed E-state index contributed by atoms with van der Waals surface area (Å²) >= 11 is 0. The molecule has 1 aromatic heterocycles. The van der Waals surface area contributed by atoms with Crippen molar-refractivity contribution in [2.45, 2.75) is 0 Å². The number of nitrogens with zero attached hydrogens (tertiary/aromatic N) is 4. The number of carbonyl (C=O) groups is 2. The minimum Gasteiger partial charge on any atom is -0.464 e. The first kappa shape index (κ1) is 18.3. The van der Waals surface area contributed by atoms with Gasteiger partial charge in [0.05, 0.1) is 17.6 Å². The van der Waals surface area contributed by atoms with Gasteiger partial charge < -0.3 is 14.5 Å². The third-order valence-corrected chi connectivity index (χ3v) is 4.40. The van der Waals surface area contributed by atoms with E-state index in [1.165, 1.54) is 31.5 Å². The number of piperazine rings is 1. The molecule has 0 bridgehead atoms. The van der Waals surface area contributed by atoms with Gasteiger partial charge >= 0.3 is 5.97 Å². The van der Waals surface area contributed by atoms with E-state index in [9.17, 15) is 19.7 Å². The van der Waals surface area contributed by atoms with Crippen LogP contribution in [0.4, 0.5) is 11.4 Å². The largest absolute Gasteiger partial charge is 0.464 e. The number of hydrogen-bond acceptors (Lipinski definition) is 7. The number of nitro benzene ring substituents is 1. The van der Waals surface area contributed by atoms with Gasteiger partial charge in [-0.3, -0.25) is 14.9 Å². The predicted molar refractivity (Wildman–Crippen MR) is 96.8 cm³/mol. The quantitative estimate of drug-likeness (QED) is 0.458. The Bertz CT molecular complexity index is 843. The van der Waals surface area contributed by atoms with Crippen molar-refractivity contribution < 1.29 is 19.2 Å². The molecule has 0 saturated carbocycles. The van der Waals surface area contributed by atoms with Gasteiger partial charge in [-0.15, -0.1) is 0 Å². The number of pyridine rings is 1. The van der Waals surface area contributed by atoms with Crippen LogP contribution in [-0.2, 0) is 4.74 Å². The van der Waals surface area contributed by atoms with E-state index in [0.29, 0.717) is 31.7 Å². The second-order valence-corrected chi connectivity index (χ2v) is 5.98. The lowest BCUT2D eigenvalue weighted by atomic mass is 10.2. The Morgan fingerprint density at radius 3 is 2.26 bits per heavy atom. The standard InChI is InChI=1S/C18H18N4O5/c1-27-18(24)16-7-2-13(12-19-16)17(23)21-10-8-20(9-11-21)14-3-5-15(6-4-14)22(25)26/h2-7,12H,8-11H2,1H3. The Kier molecular flexibility index (Phi) is 5.30. The third-order valence-electron chi connectivity index (χ3n) is 4.40. The number of aromatic nitrogens is 1. The van der Waals surface area contributed by atoms with Crippen LogP contribution in [0.2, 0.25) is 0 Å². The lowest BCUT2D eigenvalue weighted by Gasteiger charge is -2.36. The van der Waals surface area contributed by atoms with Crippen molar-refractivity contribution >= 4 is 23.3 Å². The first-order chi connectivity index (χ1) is 13.0. The van der Waals surface area contributed by atoms with Gasteiger partial charge in [-0.05, 0) is 24.3 Å². The molecule has 1 aromatic carbocycles. The maximum absolute atomic E-state index is 12.6. The van der Waals surface area contributed by atoms with E-state index in [2.05, 4.69) is 14.6 Å². The van der Waals surface area contributed by atoms with Gasteiger partial charge in [0.1, 0.15) is 5.69 Å². The van der Waals surface area contributed by atoms with Crippen molar-refractivity contribution in [1.82, 2.24) is 9.88 Å². The highest BCUT2D eigenvalue weighted by atomic mass is 16.6. The fourth-order valence-corrected chi connectivity index (χ4v) is 2.88. The maximum Gasteiger partial charge on any atom is 0.356 e. The van der Waals surface area contributed by atoms with Gasteiger partial charge in [0.15, 0.2) is 0 Å². The van der Waals surface area contributed by atoms with Crippen molar-refractivity contribution in [2.24, 2.45) is 0 Å². The average molecular weight is 370 g/mol. The molecule has 0 aliphatic carbocycles. The molecule has 2 heterocycles. The molecule has 3 rings (SSSR count). The van der Waals surface area contributed by atoms with Crippen molar-refractivity contribution in [2.75, 3.05) is 38.2 Å². The van der Waals surface area contributed by atoms with E-state index in [4.69, 9.17) is 0 Å². The van der Waals surface area contributed by atoms with Crippen molar-refractivity contribution in [3.05, 3.63) is 64.0 Å². The van der Waals surface area contributed by atoms with E-state index in [1.54, 1.807) is 23.1 Å². The number of non-ortho nitro benzene ring substituents is 1. The Hall–Kier alpha value is -3.49. The lowest BCUT2D eigenvalue weighted by Crippen LogP contribution is -2.48. The van der Waals surface area contributed by atoms with Crippen LogP contribution in [0, 0.1) is 10.1 Å². The summed E-state index contributed by atoms with van der Waals surface area (Å²) in [7, 11) is 1.27. The van der Waals surface area contributed by atoms with E-state index in [1.807, 2.05) is 0 Å². The van der Waals surface area contributed by atoms with Gasteiger partial charge in [-0.25, -0.2) is 9.78 Å². The number of ether oxygens (including phenoxy) is 1. The molecule has 0 atom stereocenters. The Morgan fingerprint density at radius 1 is 1.07 bits per heavy atom. The third kappa shape index (κ3) is 4.02. The average Bonchev–Trinajstić information content (AvgIpc) is 2.73.